The van der Waals surface area contributed by atoms with E-state index < -0.39 is 54.5 Å². The van der Waals surface area contributed by atoms with Crippen molar-refractivity contribution in [3.05, 3.63) is 71.8 Å². The van der Waals surface area contributed by atoms with Crippen LogP contribution in [0.1, 0.15) is 45.2 Å². The molecule has 214 valence electrons. The van der Waals surface area contributed by atoms with Crippen molar-refractivity contribution in [3.8, 4) is 0 Å². The molecular formula is C29H37F3N2O5. The Hall–Kier alpha value is -3.40. The number of alkyl halides is 3. The summed E-state index contributed by atoms with van der Waals surface area (Å²) in [5.74, 6) is -5.99. The van der Waals surface area contributed by atoms with Crippen molar-refractivity contribution in [1.29, 1.82) is 0 Å². The van der Waals surface area contributed by atoms with Crippen molar-refractivity contribution in [2.45, 2.75) is 65.6 Å². The predicted octanol–water partition coefficient (Wildman–Crippen LogP) is 4.80. The second kappa shape index (κ2) is 15.3. The molecule has 0 aliphatic rings. The van der Waals surface area contributed by atoms with Crippen LogP contribution in [0.2, 0.25) is 0 Å². The fraction of sp³-hybridized carbons (Fsp3) is 0.483. The molecular weight excluding hydrogens is 513 g/mol. The van der Waals surface area contributed by atoms with Gasteiger partial charge in [0.2, 0.25) is 5.91 Å². The number of hydrogen-bond donors (Lipinski definition) is 2. The Morgan fingerprint density at radius 3 is 1.72 bits per heavy atom. The molecule has 0 saturated carbocycles. The summed E-state index contributed by atoms with van der Waals surface area (Å²) in [6.45, 7) is 5.86. The highest BCUT2D eigenvalue weighted by Crippen LogP contribution is 2.27. The molecule has 10 heteroatoms. The third-order valence-corrected chi connectivity index (χ3v) is 5.94. The Labute approximate surface area is 227 Å². The van der Waals surface area contributed by atoms with Crippen LogP contribution in [-0.4, -0.2) is 42.7 Å². The quantitative estimate of drug-likeness (QED) is 0.329. The molecule has 2 N–H and O–H groups in total. The van der Waals surface area contributed by atoms with Crippen LogP contribution in [0, 0.1) is 17.8 Å². The first-order chi connectivity index (χ1) is 18.4. The van der Waals surface area contributed by atoms with Crippen LogP contribution in [0.4, 0.5) is 13.2 Å². The lowest BCUT2D eigenvalue weighted by atomic mass is 10.0. The van der Waals surface area contributed by atoms with Crippen molar-refractivity contribution in [2.75, 3.05) is 6.54 Å². The number of ether oxygens (including phenoxy) is 2. The zero-order chi connectivity index (χ0) is 29.0. The summed E-state index contributed by atoms with van der Waals surface area (Å²) in [6.07, 6.45) is -4.72. The number of carbonyl (C=O) groups excluding carboxylic acids is 3. The van der Waals surface area contributed by atoms with Crippen LogP contribution in [0.3, 0.4) is 0 Å². The summed E-state index contributed by atoms with van der Waals surface area (Å²) in [5.41, 5.74) is 1.44. The van der Waals surface area contributed by atoms with Crippen LogP contribution in [0.25, 0.3) is 0 Å². The normalized spacial score (nSPS) is 14.0. The fourth-order valence-corrected chi connectivity index (χ4v) is 3.75. The molecule has 2 aromatic rings. The van der Waals surface area contributed by atoms with E-state index in [4.69, 9.17) is 9.47 Å². The Morgan fingerprint density at radius 1 is 0.795 bits per heavy atom. The van der Waals surface area contributed by atoms with E-state index in [2.05, 4.69) is 10.6 Å². The van der Waals surface area contributed by atoms with Crippen LogP contribution in [0.5, 0.6) is 0 Å². The number of amides is 1. The van der Waals surface area contributed by atoms with Crippen LogP contribution >= 0.6 is 0 Å². The van der Waals surface area contributed by atoms with Crippen LogP contribution < -0.4 is 10.6 Å². The van der Waals surface area contributed by atoms with E-state index in [-0.39, 0.29) is 25.6 Å². The molecule has 0 saturated heterocycles. The van der Waals surface area contributed by atoms with Crippen molar-refractivity contribution in [2.24, 2.45) is 17.8 Å². The topological polar surface area (TPSA) is 93.7 Å². The highest BCUT2D eigenvalue weighted by Gasteiger charge is 2.46. The lowest BCUT2D eigenvalue weighted by Crippen LogP contribution is -2.53. The molecule has 0 fully saturated rings. The highest BCUT2D eigenvalue weighted by atomic mass is 19.4. The number of halogens is 3. The van der Waals surface area contributed by atoms with E-state index >= 15 is 0 Å². The predicted molar refractivity (Wildman–Crippen MR) is 140 cm³/mol. The first kappa shape index (κ1) is 31.8. The highest BCUT2D eigenvalue weighted by molar-refractivity contribution is 5.86. The lowest BCUT2D eigenvalue weighted by Gasteiger charge is -2.27. The average molecular weight is 551 g/mol. The van der Waals surface area contributed by atoms with Gasteiger partial charge in [0, 0.05) is 6.54 Å². The monoisotopic (exact) mass is 550 g/mol. The Kier molecular flexibility index (Phi) is 12.4. The molecule has 39 heavy (non-hydrogen) atoms. The van der Waals surface area contributed by atoms with E-state index in [0.717, 1.165) is 5.56 Å². The Morgan fingerprint density at radius 2 is 1.28 bits per heavy atom. The van der Waals surface area contributed by atoms with Gasteiger partial charge in [-0.2, -0.15) is 13.2 Å². The minimum Gasteiger partial charge on any atom is -0.460 e. The van der Waals surface area contributed by atoms with Gasteiger partial charge in [-0.25, -0.2) is 4.79 Å². The summed E-state index contributed by atoms with van der Waals surface area (Å²) in [7, 11) is 0. The van der Waals surface area contributed by atoms with Gasteiger partial charge in [0.05, 0.1) is 0 Å². The van der Waals surface area contributed by atoms with Gasteiger partial charge in [-0.3, -0.25) is 9.59 Å². The Bertz CT molecular complexity index is 1050. The van der Waals surface area contributed by atoms with Crippen molar-refractivity contribution in [3.63, 3.8) is 0 Å². The number of esters is 2. The lowest BCUT2D eigenvalue weighted by molar-refractivity contribution is -0.184. The Balaban J connectivity index is 2.06. The molecule has 2 aromatic carbocycles. The standard InChI is InChI=1S/C29H37F3N2O5/c1-19(2)15-24(27(36)38-17-21-11-7-5-8-12-21)33-16-23(29(30,31)32)26(35)34-25(20(3)4)28(37)39-18-22-13-9-6-10-14-22/h5-14,19-20,23-25,33H,15-18H2,1-4H3,(H,34,35)/t23-,24-,25-/m0/s1. The zero-order valence-electron chi connectivity index (χ0n) is 22.7. The van der Waals surface area contributed by atoms with E-state index in [1.807, 2.05) is 19.9 Å². The SMILES string of the molecule is CC(C)C[C@H](NC[C@@H](C(=O)N[C@H](C(=O)OCc1ccccc1)C(C)C)C(F)(F)F)C(=O)OCc1ccccc1. The van der Waals surface area contributed by atoms with Gasteiger partial charge in [0.15, 0.2) is 0 Å². The van der Waals surface area contributed by atoms with Gasteiger partial charge >= 0.3 is 18.1 Å². The average Bonchev–Trinajstić information content (AvgIpc) is 2.88. The third-order valence-electron chi connectivity index (χ3n) is 5.94. The number of rotatable bonds is 14. The molecule has 0 aliphatic carbocycles. The van der Waals surface area contributed by atoms with Gasteiger partial charge < -0.3 is 20.1 Å². The molecule has 0 spiro atoms. The maximum absolute atomic E-state index is 13.9. The summed E-state index contributed by atoms with van der Waals surface area (Å²) < 4.78 is 52.4. The van der Waals surface area contributed by atoms with Crippen LogP contribution in [-0.2, 0) is 37.1 Å². The van der Waals surface area contributed by atoms with Gasteiger partial charge in [-0.15, -0.1) is 0 Å². The summed E-state index contributed by atoms with van der Waals surface area (Å²) in [4.78, 5) is 38.1. The number of carbonyl (C=O) groups is 3. The van der Waals surface area contributed by atoms with Gasteiger partial charge in [-0.05, 0) is 29.4 Å². The molecule has 0 bridgehead atoms. The fourth-order valence-electron chi connectivity index (χ4n) is 3.75. The molecule has 7 nitrogen and oxygen atoms in total. The molecule has 0 radical (unpaired) electrons. The number of hydrogen-bond acceptors (Lipinski definition) is 6. The smallest absolute Gasteiger partial charge is 0.401 e. The third kappa shape index (κ3) is 11.1. The summed E-state index contributed by atoms with van der Waals surface area (Å²) in [6, 6.07) is 15.3. The largest absolute Gasteiger partial charge is 0.460 e. The van der Waals surface area contributed by atoms with Crippen molar-refractivity contribution in [1.82, 2.24) is 10.6 Å². The maximum atomic E-state index is 13.9. The van der Waals surface area contributed by atoms with Gasteiger partial charge in [0.1, 0.15) is 31.2 Å². The molecule has 3 atom stereocenters. The van der Waals surface area contributed by atoms with E-state index in [1.54, 1.807) is 68.4 Å². The molecule has 0 aromatic heterocycles. The summed E-state index contributed by atoms with van der Waals surface area (Å²) >= 11 is 0. The molecule has 1 amide bonds. The molecule has 0 heterocycles. The first-order valence-corrected chi connectivity index (χ1v) is 12.9. The second-order valence-electron chi connectivity index (χ2n) is 10.1. The maximum Gasteiger partial charge on any atom is 0.401 e. The molecule has 0 aliphatic heterocycles. The van der Waals surface area contributed by atoms with E-state index in [1.165, 1.54) is 0 Å². The summed E-state index contributed by atoms with van der Waals surface area (Å²) in [5, 5.41) is 4.79. The minimum atomic E-state index is -4.93. The number of benzene rings is 2. The zero-order valence-corrected chi connectivity index (χ0v) is 22.7. The van der Waals surface area contributed by atoms with E-state index in [9.17, 15) is 27.6 Å². The molecule has 2 rings (SSSR count). The van der Waals surface area contributed by atoms with Gasteiger partial charge in [0.25, 0.3) is 0 Å². The first-order valence-electron chi connectivity index (χ1n) is 12.9. The second-order valence-corrected chi connectivity index (χ2v) is 10.1. The van der Waals surface area contributed by atoms with Gasteiger partial charge in [-0.1, -0.05) is 88.4 Å². The number of nitrogens with one attached hydrogen (secondary N) is 2. The van der Waals surface area contributed by atoms with E-state index in [0.29, 0.717) is 5.56 Å². The van der Waals surface area contributed by atoms with Crippen molar-refractivity contribution < 1.29 is 37.0 Å². The van der Waals surface area contributed by atoms with Crippen molar-refractivity contribution >= 4 is 17.8 Å². The van der Waals surface area contributed by atoms with Crippen LogP contribution in [0.15, 0.2) is 60.7 Å². The molecule has 0 unspecified atom stereocenters. The minimum absolute atomic E-state index is 0.0275.